The Labute approximate surface area is 144 Å². The zero-order valence-corrected chi connectivity index (χ0v) is 14.0. The zero-order chi connectivity index (χ0) is 16.1. The summed E-state index contributed by atoms with van der Waals surface area (Å²) < 4.78 is 0. The first kappa shape index (κ1) is 15.9. The molecule has 23 heavy (non-hydrogen) atoms. The summed E-state index contributed by atoms with van der Waals surface area (Å²) >= 11 is 7.36. The molecule has 1 N–H and O–H groups in total. The Balaban J connectivity index is 1.57. The van der Waals surface area contributed by atoms with Crippen LogP contribution in [0.5, 0.6) is 0 Å². The lowest BCUT2D eigenvalue weighted by molar-refractivity contribution is -0.118. The fourth-order valence-corrected chi connectivity index (χ4v) is 3.23. The van der Waals surface area contributed by atoms with Gasteiger partial charge in [0.05, 0.1) is 5.75 Å². The third kappa shape index (κ3) is 4.27. The summed E-state index contributed by atoms with van der Waals surface area (Å²) in [6.45, 7) is 0.543. The lowest BCUT2D eigenvalue weighted by Gasteiger charge is -2.08. The van der Waals surface area contributed by atoms with E-state index in [0.717, 1.165) is 10.5 Å². The Kier molecular flexibility index (Phi) is 5.21. The molecule has 0 bridgehead atoms. The van der Waals surface area contributed by atoms with E-state index in [1.807, 2.05) is 42.5 Å². The van der Waals surface area contributed by atoms with Crippen LogP contribution in [-0.4, -0.2) is 11.7 Å². The van der Waals surface area contributed by atoms with Crippen LogP contribution < -0.4 is 5.32 Å². The highest BCUT2D eigenvalue weighted by atomic mass is 35.5. The summed E-state index contributed by atoms with van der Waals surface area (Å²) in [6.07, 6.45) is 0. The fraction of sp³-hybridized carbons (Fsp3) is 0.105. The number of nitrogens with one attached hydrogen (secondary N) is 1. The molecule has 1 amide bonds. The van der Waals surface area contributed by atoms with Gasteiger partial charge in [0.2, 0.25) is 5.91 Å². The van der Waals surface area contributed by atoms with E-state index in [0.29, 0.717) is 17.3 Å². The first-order chi connectivity index (χ1) is 11.2. The second-order valence-electron chi connectivity index (χ2n) is 5.16. The molecule has 0 saturated heterocycles. The van der Waals surface area contributed by atoms with E-state index >= 15 is 0 Å². The van der Waals surface area contributed by atoms with Gasteiger partial charge in [-0.3, -0.25) is 4.79 Å². The van der Waals surface area contributed by atoms with E-state index in [2.05, 4.69) is 29.6 Å². The molecular formula is C19H16ClNOS. The van der Waals surface area contributed by atoms with Crippen LogP contribution in [-0.2, 0) is 11.3 Å². The molecule has 0 fully saturated rings. The second-order valence-corrected chi connectivity index (χ2v) is 6.64. The predicted octanol–water partition coefficient (Wildman–Crippen LogP) is 4.90. The van der Waals surface area contributed by atoms with Crippen LogP contribution in [0.15, 0.2) is 71.6 Å². The lowest BCUT2D eigenvalue weighted by atomic mass is 10.0. The van der Waals surface area contributed by atoms with E-state index in [4.69, 9.17) is 11.6 Å². The van der Waals surface area contributed by atoms with E-state index in [9.17, 15) is 4.79 Å². The predicted molar refractivity (Wildman–Crippen MR) is 98.0 cm³/mol. The van der Waals surface area contributed by atoms with Crippen molar-refractivity contribution in [3.8, 4) is 0 Å². The molecule has 3 rings (SSSR count). The van der Waals surface area contributed by atoms with E-state index in [1.54, 1.807) is 0 Å². The molecule has 0 aliphatic carbocycles. The monoisotopic (exact) mass is 341 g/mol. The van der Waals surface area contributed by atoms with Crippen molar-refractivity contribution in [3.63, 3.8) is 0 Å². The Hall–Kier alpha value is -1.97. The topological polar surface area (TPSA) is 29.1 Å². The Morgan fingerprint density at radius 2 is 1.70 bits per heavy atom. The van der Waals surface area contributed by atoms with Gasteiger partial charge in [-0.25, -0.2) is 0 Å². The standard InChI is InChI=1S/C19H16ClNOS/c20-16-8-10-17(11-9-16)23-13-19(22)21-12-15-6-3-5-14-4-1-2-7-18(14)15/h1-11H,12-13H2,(H,21,22). The number of benzene rings is 3. The van der Waals surface area contributed by atoms with Gasteiger partial charge >= 0.3 is 0 Å². The molecule has 0 aromatic heterocycles. The number of rotatable bonds is 5. The number of fused-ring (bicyclic) bond motifs is 1. The van der Waals surface area contributed by atoms with Crippen LogP contribution in [0, 0.1) is 0 Å². The van der Waals surface area contributed by atoms with Crippen molar-refractivity contribution >= 4 is 40.0 Å². The van der Waals surface area contributed by atoms with Crippen molar-refractivity contribution < 1.29 is 4.79 Å². The Morgan fingerprint density at radius 1 is 0.957 bits per heavy atom. The van der Waals surface area contributed by atoms with E-state index < -0.39 is 0 Å². The molecular weight excluding hydrogens is 326 g/mol. The van der Waals surface area contributed by atoms with Gasteiger partial charge in [0.1, 0.15) is 0 Å². The number of hydrogen-bond acceptors (Lipinski definition) is 2. The second kappa shape index (κ2) is 7.53. The third-order valence-electron chi connectivity index (χ3n) is 3.54. The van der Waals surface area contributed by atoms with Gasteiger partial charge in [0.15, 0.2) is 0 Å². The van der Waals surface area contributed by atoms with Gasteiger partial charge in [-0.15, -0.1) is 11.8 Å². The SMILES string of the molecule is O=C(CSc1ccc(Cl)cc1)NCc1cccc2ccccc12. The largest absolute Gasteiger partial charge is 0.351 e. The maximum absolute atomic E-state index is 12.0. The quantitative estimate of drug-likeness (QED) is 0.668. The Bertz CT molecular complexity index is 812. The molecule has 0 aliphatic rings. The highest BCUT2D eigenvalue weighted by molar-refractivity contribution is 8.00. The van der Waals surface area contributed by atoms with Crippen molar-refractivity contribution in [1.82, 2.24) is 5.32 Å². The van der Waals surface area contributed by atoms with Crippen LogP contribution in [0.3, 0.4) is 0 Å². The van der Waals surface area contributed by atoms with Crippen LogP contribution in [0.2, 0.25) is 5.02 Å². The molecule has 3 aromatic rings. The van der Waals surface area contributed by atoms with Crippen molar-refractivity contribution in [3.05, 3.63) is 77.3 Å². The highest BCUT2D eigenvalue weighted by Crippen LogP contribution is 2.21. The summed E-state index contributed by atoms with van der Waals surface area (Å²) in [5.74, 6) is 0.421. The molecule has 0 unspecified atom stereocenters. The van der Waals surface area contributed by atoms with Crippen LogP contribution in [0.1, 0.15) is 5.56 Å². The van der Waals surface area contributed by atoms with Crippen molar-refractivity contribution in [2.75, 3.05) is 5.75 Å². The van der Waals surface area contributed by atoms with Crippen molar-refractivity contribution in [1.29, 1.82) is 0 Å². The van der Waals surface area contributed by atoms with E-state index in [1.165, 1.54) is 22.5 Å². The van der Waals surface area contributed by atoms with Gasteiger partial charge < -0.3 is 5.32 Å². The maximum Gasteiger partial charge on any atom is 0.230 e. The lowest BCUT2D eigenvalue weighted by Crippen LogP contribution is -2.24. The van der Waals surface area contributed by atoms with Gasteiger partial charge in [0, 0.05) is 16.5 Å². The minimum Gasteiger partial charge on any atom is -0.351 e. The number of thioether (sulfide) groups is 1. The summed E-state index contributed by atoms with van der Waals surface area (Å²) in [6, 6.07) is 21.9. The average molecular weight is 342 g/mol. The summed E-state index contributed by atoms with van der Waals surface area (Å²) in [5, 5.41) is 6.06. The van der Waals surface area contributed by atoms with Gasteiger partial charge in [-0.1, -0.05) is 54.1 Å². The molecule has 0 atom stereocenters. The van der Waals surface area contributed by atoms with Gasteiger partial charge in [0.25, 0.3) is 0 Å². The molecule has 0 heterocycles. The first-order valence-corrected chi connectivity index (χ1v) is 8.70. The molecule has 0 radical (unpaired) electrons. The molecule has 4 heteroatoms. The number of amides is 1. The maximum atomic E-state index is 12.0. The third-order valence-corrected chi connectivity index (χ3v) is 4.80. The van der Waals surface area contributed by atoms with Crippen LogP contribution in [0.25, 0.3) is 10.8 Å². The normalized spacial score (nSPS) is 10.7. The summed E-state index contributed by atoms with van der Waals surface area (Å²) in [5.41, 5.74) is 1.13. The number of hydrogen-bond donors (Lipinski definition) is 1. The highest BCUT2D eigenvalue weighted by Gasteiger charge is 2.05. The molecule has 3 aromatic carbocycles. The number of carbonyl (C=O) groups excluding carboxylic acids is 1. The van der Waals surface area contributed by atoms with Crippen molar-refractivity contribution in [2.24, 2.45) is 0 Å². The minimum absolute atomic E-state index is 0.0258. The zero-order valence-electron chi connectivity index (χ0n) is 12.5. The molecule has 116 valence electrons. The fourth-order valence-electron chi connectivity index (χ4n) is 2.37. The van der Waals surface area contributed by atoms with Crippen LogP contribution in [0.4, 0.5) is 0 Å². The number of carbonyl (C=O) groups is 1. The van der Waals surface area contributed by atoms with Gasteiger partial charge in [-0.2, -0.15) is 0 Å². The van der Waals surface area contributed by atoms with E-state index in [-0.39, 0.29) is 5.91 Å². The minimum atomic E-state index is 0.0258. The molecule has 0 aliphatic heterocycles. The number of halogens is 1. The summed E-state index contributed by atoms with van der Waals surface area (Å²) in [4.78, 5) is 13.1. The molecule has 0 spiro atoms. The van der Waals surface area contributed by atoms with Crippen LogP contribution >= 0.6 is 23.4 Å². The first-order valence-electron chi connectivity index (χ1n) is 7.34. The Morgan fingerprint density at radius 3 is 2.52 bits per heavy atom. The smallest absolute Gasteiger partial charge is 0.230 e. The molecule has 2 nitrogen and oxygen atoms in total. The molecule has 0 saturated carbocycles. The summed E-state index contributed by atoms with van der Waals surface area (Å²) in [7, 11) is 0. The average Bonchev–Trinajstić information content (AvgIpc) is 2.59. The van der Waals surface area contributed by atoms with Gasteiger partial charge in [-0.05, 0) is 40.6 Å². The van der Waals surface area contributed by atoms with Crippen molar-refractivity contribution in [2.45, 2.75) is 11.4 Å².